The number of hydrogen-bond acceptors (Lipinski definition) is 6. The molecule has 2 N–H and O–H groups in total. The molecule has 4 rings (SSSR count). The Morgan fingerprint density at radius 1 is 0.943 bits per heavy atom. The van der Waals surface area contributed by atoms with Crippen LogP contribution in [0.15, 0.2) is 48.5 Å². The van der Waals surface area contributed by atoms with Gasteiger partial charge in [0.05, 0.1) is 0 Å². The first-order valence-corrected chi connectivity index (χ1v) is 11.6. The van der Waals surface area contributed by atoms with E-state index in [1.54, 1.807) is 20.8 Å². The molecule has 1 aliphatic heterocycles. The van der Waals surface area contributed by atoms with E-state index in [-0.39, 0.29) is 19.1 Å². The van der Waals surface area contributed by atoms with Gasteiger partial charge in [-0.2, -0.15) is 0 Å². The molecule has 3 amide bonds. The standard InChI is InChI=1S/C26H29N3O6/c1-26(2,3)35-24(32)23(31)29-14-8-13-21(29)22(30)27-28-25(33)34-15-20-18-11-6-4-9-16(18)17-10-5-7-12-19(17)20/h4-7,9-12,20-21H,8,13-15H2,1-3H3,(H,27,30)(H,28,33). The third kappa shape index (κ3) is 5.29. The van der Waals surface area contributed by atoms with Crippen LogP contribution in [0.4, 0.5) is 4.79 Å². The molecule has 0 bridgehead atoms. The largest absolute Gasteiger partial charge is 0.453 e. The highest BCUT2D eigenvalue weighted by Gasteiger charge is 2.39. The van der Waals surface area contributed by atoms with Crippen molar-refractivity contribution in [1.82, 2.24) is 15.8 Å². The number of fused-ring (bicyclic) bond motifs is 3. The van der Waals surface area contributed by atoms with E-state index in [4.69, 9.17) is 9.47 Å². The molecule has 35 heavy (non-hydrogen) atoms. The fourth-order valence-corrected chi connectivity index (χ4v) is 4.55. The van der Waals surface area contributed by atoms with Crippen LogP contribution in [0.5, 0.6) is 0 Å². The molecule has 1 heterocycles. The van der Waals surface area contributed by atoms with Crippen LogP contribution in [0, 0.1) is 0 Å². The molecule has 184 valence electrons. The third-order valence-electron chi connectivity index (χ3n) is 6.02. The Morgan fingerprint density at radius 3 is 2.14 bits per heavy atom. The van der Waals surface area contributed by atoms with Gasteiger partial charge >= 0.3 is 18.0 Å². The average molecular weight is 480 g/mol. The first-order chi connectivity index (χ1) is 16.7. The number of amides is 3. The van der Waals surface area contributed by atoms with Gasteiger partial charge < -0.3 is 14.4 Å². The first kappa shape index (κ1) is 24.3. The number of nitrogens with one attached hydrogen (secondary N) is 2. The summed E-state index contributed by atoms with van der Waals surface area (Å²) in [6.45, 7) is 5.32. The zero-order valence-electron chi connectivity index (χ0n) is 20.0. The molecule has 1 aliphatic carbocycles. The van der Waals surface area contributed by atoms with E-state index in [1.165, 1.54) is 4.90 Å². The average Bonchev–Trinajstić information content (AvgIpc) is 3.43. The quantitative estimate of drug-likeness (QED) is 0.398. The maximum absolute atomic E-state index is 12.6. The lowest BCUT2D eigenvalue weighted by Crippen LogP contribution is -2.53. The molecule has 1 atom stereocenters. The molecule has 9 heteroatoms. The van der Waals surface area contributed by atoms with Crippen molar-refractivity contribution in [2.45, 2.75) is 51.2 Å². The first-order valence-electron chi connectivity index (χ1n) is 11.6. The molecule has 2 aliphatic rings. The summed E-state index contributed by atoms with van der Waals surface area (Å²) in [5, 5.41) is 0. The minimum atomic E-state index is -1.01. The van der Waals surface area contributed by atoms with E-state index in [1.807, 2.05) is 48.5 Å². The van der Waals surface area contributed by atoms with Gasteiger partial charge in [-0.05, 0) is 55.9 Å². The molecule has 2 aromatic carbocycles. The number of benzene rings is 2. The minimum Gasteiger partial charge on any atom is -0.453 e. The van der Waals surface area contributed by atoms with Crippen LogP contribution in [0.1, 0.15) is 50.7 Å². The van der Waals surface area contributed by atoms with Crippen molar-refractivity contribution < 1.29 is 28.7 Å². The van der Waals surface area contributed by atoms with E-state index in [2.05, 4.69) is 10.9 Å². The summed E-state index contributed by atoms with van der Waals surface area (Å²) in [5.74, 6) is -2.60. The highest BCUT2D eigenvalue weighted by Crippen LogP contribution is 2.44. The normalized spacial score (nSPS) is 16.8. The molecule has 0 spiro atoms. The zero-order valence-corrected chi connectivity index (χ0v) is 20.0. The maximum Gasteiger partial charge on any atom is 0.426 e. The summed E-state index contributed by atoms with van der Waals surface area (Å²) in [6.07, 6.45) is 0.104. The summed E-state index contributed by atoms with van der Waals surface area (Å²) in [6, 6.07) is 15.1. The number of nitrogens with zero attached hydrogens (tertiary/aromatic N) is 1. The number of hydrazine groups is 1. The summed E-state index contributed by atoms with van der Waals surface area (Å²) in [5.41, 5.74) is 8.10. The molecule has 9 nitrogen and oxygen atoms in total. The minimum absolute atomic E-state index is 0.0996. The predicted molar refractivity (Wildman–Crippen MR) is 127 cm³/mol. The molecule has 0 radical (unpaired) electrons. The maximum atomic E-state index is 12.6. The topological polar surface area (TPSA) is 114 Å². The van der Waals surface area contributed by atoms with Crippen molar-refractivity contribution in [3.8, 4) is 11.1 Å². The lowest BCUT2D eigenvalue weighted by molar-refractivity contribution is -0.168. The zero-order chi connectivity index (χ0) is 25.2. The summed E-state index contributed by atoms with van der Waals surface area (Å²) >= 11 is 0. The lowest BCUT2D eigenvalue weighted by Gasteiger charge is -2.25. The fraction of sp³-hybridized carbons (Fsp3) is 0.385. The van der Waals surface area contributed by atoms with E-state index >= 15 is 0 Å². The van der Waals surface area contributed by atoms with Crippen molar-refractivity contribution in [3.05, 3.63) is 59.7 Å². The monoisotopic (exact) mass is 479 g/mol. The second-order valence-electron chi connectivity index (χ2n) is 9.60. The summed E-state index contributed by atoms with van der Waals surface area (Å²) in [7, 11) is 0. The van der Waals surface area contributed by atoms with Gasteiger partial charge in [0, 0.05) is 12.5 Å². The molecule has 0 aromatic heterocycles. The second kappa shape index (κ2) is 9.77. The van der Waals surface area contributed by atoms with Gasteiger partial charge in [-0.1, -0.05) is 48.5 Å². The molecule has 1 fully saturated rings. The van der Waals surface area contributed by atoms with Crippen LogP contribution in [-0.4, -0.2) is 53.6 Å². The van der Waals surface area contributed by atoms with Crippen molar-refractivity contribution >= 4 is 23.9 Å². The molecular formula is C26H29N3O6. The Morgan fingerprint density at radius 2 is 1.54 bits per heavy atom. The Hall–Kier alpha value is -3.88. The second-order valence-corrected chi connectivity index (χ2v) is 9.60. The Labute approximate surface area is 203 Å². The van der Waals surface area contributed by atoms with Gasteiger partial charge in [0.1, 0.15) is 18.2 Å². The van der Waals surface area contributed by atoms with Gasteiger partial charge in [0.15, 0.2) is 0 Å². The number of rotatable bonds is 3. The number of carbonyl (C=O) groups excluding carboxylic acids is 4. The van der Waals surface area contributed by atoms with Crippen LogP contribution < -0.4 is 10.9 Å². The van der Waals surface area contributed by atoms with Crippen LogP contribution >= 0.6 is 0 Å². The van der Waals surface area contributed by atoms with Crippen molar-refractivity contribution in [1.29, 1.82) is 0 Å². The molecular weight excluding hydrogens is 450 g/mol. The van der Waals surface area contributed by atoms with Crippen molar-refractivity contribution in [2.24, 2.45) is 0 Å². The highest BCUT2D eigenvalue weighted by atomic mass is 16.6. The molecule has 1 saturated heterocycles. The van der Waals surface area contributed by atoms with E-state index in [0.29, 0.717) is 12.8 Å². The van der Waals surface area contributed by atoms with Crippen LogP contribution in [-0.2, 0) is 23.9 Å². The van der Waals surface area contributed by atoms with Crippen LogP contribution in [0.25, 0.3) is 11.1 Å². The fourth-order valence-electron chi connectivity index (χ4n) is 4.55. The van der Waals surface area contributed by atoms with Gasteiger partial charge in [-0.25, -0.2) is 15.0 Å². The van der Waals surface area contributed by atoms with Gasteiger partial charge in [0.2, 0.25) is 0 Å². The van der Waals surface area contributed by atoms with Gasteiger partial charge in [-0.3, -0.25) is 15.0 Å². The lowest BCUT2D eigenvalue weighted by atomic mass is 9.98. The number of carbonyl (C=O) groups is 4. The van der Waals surface area contributed by atoms with E-state index in [9.17, 15) is 19.2 Å². The van der Waals surface area contributed by atoms with Gasteiger partial charge in [-0.15, -0.1) is 0 Å². The van der Waals surface area contributed by atoms with Crippen molar-refractivity contribution in [3.63, 3.8) is 0 Å². The SMILES string of the molecule is CC(C)(C)OC(=O)C(=O)N1CCCC1C(=O)NNC(=O)OCC1c2ccccc2-c2ccccc21. The van der Waals surface area contributed by atoms with Gasteiger partial charge in [0.25, 0.3) is 5.91 Å². The Balaban J connectivity index is 1.31. The Bertz CT molecular complexity index is 1110. The Kier molecular flexibility index (Phi) is 6.77. The van der Waals surface area contributed by atoms with Crippen LogP contribution in [0.2, 0.25) is 0 Å². The summed E-state index contributed by atoms with van der Waals surface area (Å²) in [4.78, 5) is 50.7. The smallest absolute Gasteiger partial charge is 0.426 e. The number of esters is 1. The van der Waals surface area contributed by atoms with E-state index < -0.39 is 35.5 Å². The molecule has 0 saturated carbocycles. The molecule has 1 unspecified atom stereocenters. The number of likely N-dealkylation sites (tertiary alicyclic amines) is 1. The molecule has 2 aromatic rings. The predicted octanol–water partition coefficient (Wildman–Crippen LogP) is 2.89. The van der Waals surface area contributed by atoms with E-state index in [0.717, 1.165) is 22.3 Å². The van der Waals surface area contributed by atoms with Crippen molar-refractivity contribution in [2.75, 3.05) is 13.2 Å². The van der Waals surface area contributed by atoms with Crippen LogP contribution in [0.3, 0.4) is 0 Å². The number of hydrogen-bond donors (Lipinski definition) is 2. The highest BCUT2D eigenvalue weighted by molar-refractivity contribution is 6.33. The third-order valence-corrected chi connectivity index (χ3v) is 6.02. The summed E-state index contributed by atoms with van der Waals surface area (Å²) < 4.78 is 10.5. The number of ether oxygens (including phenoxy) is 2.